The third kappa shape index (κ3) is 4.72. The van der Waals surface area contributed by atoms with E-state index >= 15 is 0 Å². The van der Waals surface area contributed by atoms with Gasteiger partial charge in [0.05, 0.1) is 11.4 Å². The quantitative estimate of drug-likeness (QED) is 0.158. The number of nitrogens with two attached hydrogens (primary N) is 4. The van der Waals surface area contributed by atoms with Crippen LogP contribution in [0.5, 0.6) is 5.75 Å². The molecule has 0 unspecified atom stereocenters. The van der Waals surface area contributed by atoms with E-state index in [4.69, 9.17) is 32.6 Å². The first kappa shape index (κ1) is 20.6. The lowest BCUT2D eigenvalue weighted by molar-refractivity contribution is 0.144. The minimum Gasteiger partial charge on any atom is -0.449 e. The van der Waals surface area contributed by atoms with Gasteiger partial charge in [0.25, 0.3) is 10.1 Å². The van der Waals surface area contributed by atoms with Crippen LogP contribution in [0.4, 0.5) is 27.5 Å². The average Bonchev–Trinajstić information content (AvgIpc) is 2.60. The highest BCUT2D eigenvalue weighted by Crippen LogP contribution is 2.32. The minimum atomic E-state index is -4.35. The predicted octanol–water partition coefficient (Wildman–Crippen LogP) is 2.16. The number of hydrogen-bond donors (Lipinski definition) is 6. The molecule has 10 N–H and O–H groups in total. The van der Waals surface area contributed by atoms with Crippen LogP contribution in [0.25, 0.3) is 10.8 Å². The minimum absolute atomic E-state index is 0.00676. The number of anilines is 4. The fourth-order valence-corrected chi connectivity index (χ4v) is 3.01. The van der Waals surface area contributed by atoms with Crippen LogP contribution in [-0.2, 0) is 10.1 Å². The Morgan fingerprint density at radius 1 is 0.893 bits per heavy atom. The van der Waals surface area contributed by atoms with Crippen molar-refractivity contribution in [3.8, 4) is 5.75 Å². The summed E-state index contributed by atoms with van der Waals surface area (Å²) in [4.78, 5) is 9.76. The van der Waals surface area contributed by atoms with Crippen molar-refractivity contribution in [1.29, 1.82) is 0 Å². The summed E-state index contributed by atoms with van der Waals surface area (Å²) in [5.41, 5.74) is 23.1. The highest BCUT2D eigenvalue weighted by molar-refractivity contribution is 7.86. The first-order valence-electron chi connectivity index (χ1n) is 7.60. The zero-order valence-corrected chi connectivity index (χ0v) is 15.2. The van der Waals surface area contributed by atoms with Crippen LogP contribution in [0, 0.1) is 0 Å². The predicted molar refractivity (Wildman–Crippen MR) is 107 cm³/mol. The van der Waals surface area contributed by atoms with E-state index in [1.54, 1.807) is 30.3 Å². The third-order valence-electron chi connectivity index (χ3n) is 3.59. The first-order chi connectivity index (χ1) is 13.0. The Morgan fingerprint density at radius 2 is 1.50 bits per heavy atom. The van der Waals surface area contributed by atoms with Gasteiger partial charge in [-0.15, -0.1) is 0 Å². The van der Waals surface area contributed by atoms with E-state index in [1.165, 1.54) is 12.1 Å². The van der Waals surface area contributed by atoms with Gasteiger partial charge < -0.3 is 32.8 Å². The Kier molecular flexibility index (Phi) is 5.81. The van der Waals surface area contributed by atoms with E-state index in [0.29, 0.717) is 16.5 Å². The highest BCUT2D eigenvalue weighted by atomic mass is 32.2. The average molecular weight is 406 g/mol. The molecule has 11 heteroatoms. The van der Waals surface area contributed by atoms with Gasteiger partial charge in [-0.25, -0.2) is 4.79 Å². The van der Waals surface area contributed by atoms with E-state index < -0.39 is 16.3 Å². The molecular formula is C17H18N4O6S. The van der Waals surface area contributed by atoms with Crippen LogP contribution in [0.3, 0.4) is 0 Å². The van der Waals surface area contributed by atoms with Crippen LogP contribution < -0.4 is 27.7 Å². The summed E-state index contributed by atoms with van der Waals surface area (Å²) in [7, 11) is -4.35. The largest absolute Gasteiger partial charge is 0.511 e. The molecular weight excluding hydrogens is 388 g/mol. The molecule has 0 aromatic heterocycles. The van der Waals surface area contributed by atoms with Gasteiger partial charge in [-0.2, -0.15) is 8.42 Å². The summed E-state index contributed by atoms with van der Waals surface area (Å²) in [5.74, 6) is 0.0579. The molecule has 0 radical (unpaired) electrons. The molecule has 0 aliphatic rings. The van der Waals surface area contributed by atoms with E-state index in [-0.39, 0.29) is 27.7 Å². The summed E-state index contributed by atoms with van der Waals surface area (Å²) in [5, 5.41) is 9.43. The fourth-order valence-electron chi connectivity index (χ4n) is 2.35. The Bertz CT molecular complexity index is 1150. The second-order valence-electron chi connectivity index (χ2n) is 5.56. The van der Waals surface area contributed by atoms with Crippen molar-refractivity contribution in [2.45, 2.75) is 4.90 Å². The van der Waals surface area contributed by atoms with Gasteiger partial charge in [0, 0.05) is 28.2 Å². The lowest BCUT2D eigenvalue weighted by Gasteiger charge is -2.09. The molecule has 0 aliphatic carbocycles. The number of hydrogen-bond acceptors (Lipinski definition) is 8. The summed E-state index contributed by atoms with van der Waals surface area (Å²) in [6.07, 6.45) is -1.41. The van der Waals surface area contributed by atoms with Crippen LogP contribution in [0.2, 0.25) is 0 Å². The molecule has 28 heavy (non-hydrogen) atoms. The van der Waals surface area contributed by atoms with Crippen LogP contribution in [0.15, 0.2) is 53.4 Å². The number of carbonyl (C=O) groups is 1. The second kappa shape index (κ2) is 7.90. The van der Waals surface area contributed by atoms with E-state index in [0.717, 1.165) is 6.07 Å². The first-order valence-corrected chi connectivity index (χ1v) is 9.04. The van der Waals surface area contributed by atoms with Gasteiger partial charge in [0.2, 0.25) is 0 Å². The number of fused-ring (bicyclic) bond motifs is 1. The van der Waals surface area contributed by atoms with Gasteiger partial charge >= 0.3 is 6.16 Å². The molecule has 0 fully saturated rings. The van der Waals surface area contributed by atoms with Crippen LogP contribution in [0.1, 0.15) is 0 Å². The van der Waals surface area contributed by atoms with Gasteiger partial charge in [-0.3, -0.25) is 4.55 Å². The van der Waals surface area contributed by atoms with Crippen molar-refractivity contribution >= 4 is 49.8 Å². The normalized spacial score (nSPS) is 10.8. The second-order valence-corrected chi connectivity index (χ2v) is 6.95. The number of carboxylic acid groups (broad SMARTS) is 1. The summed E-state index contributed by atoms with van der Waals surface area (Å²) in [6, 6.07) is 12.4. The molecule has 10 nitrogen and oxygen atoms in total. The maximum Gasteiger partial charge on any atom is 0.511 e. The molecule has 3 rings (SSSR count). The van der Waals surface area contributed by atoms with Crippen molar-refractivity contribution in [1.82, 2.24) is 0 Å². The van der Waals surface area contributed by atoms with E-state index in [2.05, 4.69) is 4.74 Å². The molecule has 148 valence electrons. The van der Waals surface area contributed by atoms with Gasteiger partial charge in [-0.1, -0.05) is 24.3 Å². The Morgan fingerprint density at radius 3 is 2.07 bits per heavy atom. The molecule has 3 aromatic rings. The molecule has 0 heterocycles. The number of rotatable bonds is 2. The van der Waals surface area contributed by atoms with Crippen molar-refractivity contribution < 1.29 is 27.6 Å². The Balaban J connectivity index is 0.000000209. The van der Waals surface area contributed by atoms with Crippen molar-refractivity contribution in [3.63, 3.8) is 0 Å². The molecule has 0 bridgehead atoms. The zero-order valence-electron chi connectivity index (χ0n) is 14.4. The maximum atomic E-state index is 11.1. The van der Waals surface area contributed by atoms with Crippen molar-refractivity contribution in [2.75, 3.05) is 22.9 Å². The lowest BCUT2D eigenvalue weighted by atomic mass is 10.1. The SMILES string of the molecule is Nc1cc(S(=O)(=O)O)c(N)c2ccccc12.Nc1ccc(N)c(OC(=O)O)c1. The highest BCUT2D eigenvalue weighted by Gasteiger charge is 2.17. The zero-order chi connectivity index (χ0) is 21.1. The molecule has 0 spiro atoms. The monoisotopic (exact) mass is 406 g/mol. The van der Waals surface area contributed by atoms with E-state index in [9.17, 15) is 13.2 Å². The van der Waals surface area contributed by atoms with Gasteiger partial charge in [0.15, 0.2) is 5.75 Å². The Hall–Kier alpha value is -3.70. The molecule has 3 aromatic carbocycles. The third-order valence-corrected chi connectivity index (χ3v) is 4.49. The van der Waals surface area contributed by atoms with Gasteiger partial charge in [0.1, 0.15) is 4.90 Å². The maximum absolute atomic E-state index is 11.1. The standard InChI is InChI=1S/C10H10N2O3S.C7H8N2O3/c11-8-5-9(16(13,14)15)10(12)7-4-2-1-3-6(7)8;8-4-1-2-5(9)6(3-4)12-7(10)11/h1-5H,11-12H2,(H,13,14,15);1-3H,8-9H2,(H,10,11). The van der Waals surface area contributed by atoms with Crippen LogP contribution in [-0.4, -0.2) is 24.2 Å². The number of ether oxygens (including phenoxy) is 1. The molecule has 0 saturated carbocycles. The number of nitrogen functional groups attached to an aromatic ring is 4. The number of benzene rings is 3. The smallest absolute Gasteiger partial charge is 0.449 e. The molecule has 0 aliphatic heterocycles. The molecule has 0 saturated heterocycles. The lowest BCUT2D eigenvalue weighted by Crippen LogP contribution is -2.05. The topological polar surface area (TPSA) is 205 Å². The van der Waals surface area contributed by atoms with Crippen molar-refractivity contribution in [3.05, 3.63) is 48.5 Å². The molecule has 0 atom stereocenters. The fraction of sp³-hybridized carbons (Fsp3) is 0. The van der Waals surface area contributed by atoms with Crippen molar-refractivity contribution in [2.24, 2.45) is 0 Å². The Labute approximate surface area is 160 Å². The summed E-state index contributed by atoms with van der Waals surface area (Å²) >= 11 is 0. The van der Waals surface area contributed by atoms with Crippen LogP contribution >= 0.6 is 0 Å². The van der Waals surface area contributed by atoms with Gasteiger partial charge in [-0.05, 0) is 18.2 Å². The summed E-state index contributed by atoms with van der Waals surface area (Å²) in [6.45, 7) is 0. The molecule has 0 amide bonds. The van der Waals surface area contributed by atoms with E-state index in [1.807, 2.05) is 0 Å². The summed E-state index contributed by atoms with van der Waals surface area (Å²) < 4.78 is 35.5.